The molecule has 0 radical (unpaired) electrons. The Kier molecular flexibility index (Phi) is 6.05. The van der Waals surface area contributed by atoms with E-state index < -0.39 is 6.43 Å². The number of aromatic nitrogens is 1. The fourth-order valence-electron chi connectivity index (χ4n) is 3.19. The van der Waals surface area contributed by atoms with E-state index in [2.05, 4.69) is 40.6 Å². The van der Waals surface area contributed by atoms with Crippen LogP contribution in [0.1, 0.15) is 39.2 Å². The number of anilines is 1. The quantitative estimate of drug-likeness (QED) is 0.775. The number of pyridine rings is 1. The minimum absolute atomic E-state index is 0.0555. The molecule has 0 atom stereocenters. The Hall–Kier alpha value is -2.38. The second-order valence-corrected chi connectivity index (χ2v) is 8.37. The van der Waals surface area contributed by atoms with Gasteiger partial charge in [0.1, 0.15) is 11.5 Å². The Balaban J connectivity index is 1.59. The van der Waals surface area contributed by atoms with Gasteiger partial charge in [0, 0.05) is 44.4 Å². The van der Waals surface area contributed by atoms with Crippen molar-refractivity contribution in [2.24, 2.45) is 15.4 Å². The summed E-state index contributed by atoms with van der Waals surface area (Å²) < 4.78 is 25.5. The zero-order valence-corrected chi connectivity index (χ0v) is 16.7. The summed E-state index contributed by atoms with van der Waals surface area (Å²) in [5, 5.41) is 0. The maximum atomic E-state index is 12.8. The van der Waals surface area contributed by atoms with E-state index in [-0.39, 0.29) is 23.6 Å². The van der Waals surface area contributed by atoms with Gasteiger partial charge in [0.25, 0.3) is 6.43 Å². The van der Waals surface area contributed by atoms with Gasteiger partial charge in [0.15, 0.2) is 5.84 Å². The molecule has 1 aromatic rings. The van der Waals surface area contributed by atoms with Crippen LogP contribution in [-0.2, 0) is 4.79 Å². The first-order chi connectivity index (χ1) is 13.2. The van der Waals surface area contributed by atoms with E-state index in [1.165, 1.54) is 0 Å². The van der Waals surface area contributed by atoms with Gasteiger partial charge in [-0.25, -0.2) is 18.8 Å². The molecule has 2 aliphatic rings. The number of halogens is 2. The molecule has 6 nitrogen and oxygen atoms in total. The van der Waals surface area contributed by atoms with Gasteiger partial charge in [-0.2, -0.15) is 0 Å². The van der Waals surface area contributed by atoms with Crippen molar-refractivity contribution in [2.45, 2.75) is 40.0 Å². The molecule has 0 aromatic carbocycles. The highest BCUT2D eigenvalue weighted by Crippen LogP contribution is 2.22. The molecule has 1 amide bonds. The van der Waals surface area contributed by atoms with E-state index >= 15 is 0 Å². The number of hydrogen-bond donors (Lipinski definition) is 0. The second-order valence-electron chi connectivity index (χ2n) is 8.37. The number of carbonyl (C=O) groups is 1. The van der Waals surface area contributed by atoms with Crippen molar-refractivity contribution < 1.29 is 13.6 Å². The molecule has 28 heavy (non-hydrogen) atoms. The number of rotatable bonds is 5. The third-order valence-electron chi connectivity index (χ3n) is 4.94. The number of amides is 1. The van der Waals surface area contributed by atoms with Gasteiger partial charge in [-0.1, -0.05) is 20.8 Å². The van der Waals surface area contributed by atoms with E-state index in [9.17, 15) is 13.6 Å². The van der Waals surface area contributed by atoms with Gasteiger partial charge >= 0.3 is 0 Å². The molecular formula is C20H27F2N5O. The third-order valence-corrected chi connectivity index (χ3v) is 4.94. The molecule has 8 heteroatoms. The van der Waals surface area contributed by atoms with Gasteiger partial charge in [0.2, 0.25) is 5.91 Å². The molecule has 1 fully saturated rings. The molecular weight excluding hydrogens is 364 g/mol. The molecule has 1 saturated heterocycles. The summed E-state index contributed by atoms with van der Waals surface area (Å²) in [6.45, 7) is 9.05. The molecule has 0 unspecified atom stereocenters. The highest BCUT2D eigenvalue weighted by Gasteiger charge is 2.24. The molecule has 0 bridgehead atoms. The lowest BCUT2D eigenvalue weighted by Gasteiger charge is -2.36. The summed E-state index contributed by atoms with van der Waals surface area (Å²) in [4.78, 5) is 28.9. The number of piperazine rings is 1. The monoisotopic (exact) mass is 391 g/mol. The van der Waals surface area contributed by atoms with E-state index in [1.54, 1.807) is 12.3 Å². The van der Waals surface area contributed by atoms with Crippen molar-refractivity contribution >= 4 is 23.3 Å². The zero-order valence-electron chi connectivity index (χ0n) is 16.7. The standard InChI is InChI=1S/C20H27F2N5O/c1-20(2,3)6-4-17(28)27-10-8-26(9-11-27)16-12-14(5-7-23-16)19-24-13-15(25-19)18(21)22/h5,7,12,18H,4,6,8-11,13H2,1-3H3. The largest absolute Gasteiger partial charge is 0.353 e. The maximum Gasteiger partial charge on any atom is 0.278 e. The minimum atomic E-state index is -2.58. The van der Waals surface area contributed by atoms with Crippen LogP contribution >= 0.6 is 0 Å². The number of nitrogens with zero attached hydrogens (tertiary/aromatic N) is 5. The van der Waals surface area contributed by atoms with Crippen LogP contribution in [0, 0.1) is 5.41 Å². The van der Waals surface area contributed by atoms with E-state index in [0.29, 0.717) is 44.0 Å². The lowest BCUT2D eigenvalue weighted by molar-refractivity contribution is -0.132. The summed E-state index contributed by atoms with van der Waals surface area (Å²) in [6.07, 6.45) is 0.510. The van der Waals surface area contributed by atoms with Crippen LogP contribution in [-0.4, -0.2) is 66.5 Å². The fraction of sp³-hybridized carbons (Fsp3) is 0.600. The van der Waals surface area contributed by atoms with E-state index in [1.807, 2.05) is 11.0 Å². The predicted molar refractivity (Wildman–Crippen MR) is 107 cm³/mol. The molecule has 3 heterocycles. The van der Waals surface area contributed by atoms with Crippen LogP contribution in [0.4, 0.5) is 14.6 Å². The topological polar surface area (TPSA) is 61.2 Å². The normalized spacial score (nSPS) is 17.8. The predicted octanol–water partition coefficient (Wildman–Crippen LogP) is 3.02. The third kappa shape index (κ3) is 5.11. The number of amidine groups is 1. The van der Waals surface area contributed by atoms with Gasteiger partial charge in [-0.15, -0.1) is 0 Å². The SMILES string of the molecule is CC(C)(C)CCC(=O)N1CCN(c2cc(C3=NCC(C(F)F)=N3)ccn2)CC1. The average Bonchev–Trinajstić information content (AvgIpc) is 3.16. The maximum absolute atomic E-state index is 12.8. The lowest BCUT2D eigenvalue weighted by atomic mass is 9.90. The second kappa shape index (κ2) is 8.32. The highest BCUT2D eigenvalue weighted by atomic mass is 19.3. The summed E-state index contributed by atoms with van der Waals surface area (Å²) in [6, 6.07) is 3.56. The fourth-order valence-corrected chi connectivity index (χ4v) is 3.19. The molecule has 0 aliphatic carbocycles. The highest BCUT2D eigenvalue weighted by molar-refractivity contribution is 6.12. The minimum Gasteiger partial charge on any atom is -0.353 e. The molecule has 152 valence electrons. The van der Waals surface area contributed by atoms with Crippen LogP contribution in [0.2, 0.25) is 0 Å². The Morgan fingerprint density at radius 3 is 2.54 bits per heavy atom. The van der Waals surface area contributed by atoms with Gasteiger partial charge in [-0.3, -0.25) is 9.79 Å². The first-order valence-corrected chi connectivity index (χ1v) is 9.62. The van der Waals surface area contributed by atoms with Crippen LogP contribution < -0.4 is 4.90 Å². The zero-order chi connectivity index (χ0) is 20.3. The Morgan fingerprint density at radius 2 is 1.93 bits per heavy atom. The first kappa shape index (κ1) is 20.4. The van der Waals surface area contributed by atoms with Crippen LogP contribution in [0.3, 0.4) is 0 Å². The number of aliphatic imine (C=N–C) groups is 2. The first-order valence-electron chi connectivity index (χ1n) is 9.62. The van der Waals surface area contributed by atoms with Crippen molar-refractivity contribution in [3.05, 3.63) is 23.9 Å². The number of alkyl halides is 2. The van der Waals surface area contributed by atoms with E-state index in [4.69, 9.17) is 0 Å². The lowest BCUT2D eigenvalue weighted by Crippen LogP contribution is -2.49. The van der Waals surface area contributed by atoms with Crippen molar-refractivity contribution in [1.82, 2.24) is 9.88 Å². The van der Waals surface area contributed by atoms with Crippen LogP contribution in [0.15, 0.2) is 28.3 Å². The summed E-state index contributed by atoms with van der Waals surface area (Å²) in [5.41, 5.74) is 0.636. The molecule has 0 saturated carbocycles. The van der Waals surface area contributed by atoms with Gasteiger partial charge < -0.3 is 9.80 Å². The smallest absolute Gasteiger partial charge is 0.278 e. The Labute approximate surface area is 164 Å². The van der Waals surface area contributed by atoms with Crippen LogP contribution in [0.25, 0.3) is 0 Å². The number of hydrogen-bond acceptors (Lipinski definition) is 5. The van der Waals surface area contributed by atoms with Crippen LogP contribution in [0.5, 0.6) is 0 Å². The van der Waals surface area contributed by atoms with Crippen molar-refractivity contribution in [1.29, 1.82) is 0 Å². The average molecular weight is 391 g/mol. The van der Waals surface area contributed by atoms with E-state index in [0.717, 1.165) is 12.2 Å². The molecule has 0 spiro atoms. The summed E-state index contributed by atoms with van der Waals surface area (Å²) in [5.74, 6) is 1.28. The van der Waals surface area contributed by atoms with Gasteiger partial charge in [0.05, 0.1) is 6.54 Å². The van der Waals surface area contributed by atoms with Gasteiger partial charge in [-0.05, 0) is 24.0 Å². The van der Waals surface area contributed by atoms with Crippen molar-refractivity contribution in [3.63, 3.8) is 0 Å². The molecule has 0 N–H and O–H groups in total. The molecule has 1 aromatic heterocycles. The molecule has 3 rings (SSSR count). The summed E-state index contributed by atoms with van der Waals surface area (Å²) in [7, 11) is 0. The summed E-state index contributed by atoms with van der Waals surface area (Å²) >= 11 is 0. The number of carbonyl (C=O) groups excluding carboxylic acids is 1. The molecule has 2 aliphatic heterocycles. The van der Waals surface area contributed by atoms with Crippen molar-refractivity contribution in [2.75, 3.05) is 37.6 Å². The Morgan fingerprint density at radius 1 is 1.21 bits per heavy atom. The Bertz CT molecular complexity index is 777. The van der Waals surface area contributed by atoms with Crippen molar-refractivity contribution in [3.8, 4) is 0 Å².